The molecule has 2 unspecified atom stereocenters. The Kier molecular flexibility index (Phi) is 17.3. The Labute approximate surface area is 155 Å². The SMILES string of the molecule is C=CCCCCCCCC(C)[Si](C)C(C)CCCCCCCC=C. The molecular formula is C23H45Si. The van der Waals surface area contributed by atoms with Crippen LogP contribution < -0.4 is 0 Å². The van der Waals surface area contributed by atoms with E-state index >= 15 is 0 Å². The molecule has 0 aromatic rings. The van der Waals surface area contributed by atoms with E-state index in [9.17, 15) is 0 Å². The van der Waals surface area contributed by atoms with E-state index in [0.717, 1.165) is 11.1 Å². The first-order chi connectivity index (χ1) is 11.6. The summed E-state index contributed by atoms with van der Waals surface area (Å²) < 4.78 is 0. The highest BCUT2D eigenvalue weighted by molar-refractivity contribution is 6.60. The van der Waals surface area contributed by atoms with Crippen molar-refractivity contribution >= 4 is 8.80 Å². The highest BCUT2D eigenvalue weighted by Gasteiger charge is 2.20. The van der Waals surface area contributed by atoms with Gasteiger partial charge in [-0.3, -0.25) is 0 Å². The van der Waals surface area contributed by atoms with Crippen LogP contribution in [0.15, 0.2) is 25.3 Å². The molecule has 0 saturated carbocycles. The lowest BCUT2D eigenvalue weighted by molar-refractivity contribution is 0.573. The van der Waals surface area contributed by atoms with Crippen molar-refractivity contribution in [1.82, 2.24) is 0 Å². The Bertz CT molecular complexity index is 256. The Balaban J connectivity index is 3.58. The molecule has 24 heavy (non-hydrogen) atoms. The number of rotatable bonds is 18. The fourth-order valence-electron chi connectivity index (χ4n) is 3.48. The molecule has 0 amide bonds. The van der Waals surface area contributed by atoms with Crippen LogP contribution in [0.5, 0.6) is 0 Å². The summed E-state index contributed by atoms with van der Waals surface area (Å²) in [6.07, 6.45) is 23.5. The fourth-order valence-corrected chi connectivity index (χ4v) is 5.77. The third-order valence-electron chi connectivity index (χ3n) is 5.65. The van der Waals surface area contributed by atoms with Gasteiger partial charge in [0, 0.05) is 0 Å². The highest BCUT2D eigenvalue weighted by Crippen LogP contribution is 2.30. The van der Waals surface area contributed by atoms with Crippen molar-refractivity contribution in [2.75, 3.05) is 0 Å². The third kappa shape index (κ3) is 14.1. The zero-order valence-electron chi connectivity index (χ0n) is 17.1. The summed E-state index contributed by atoms with van der Waals surface area (Å²) in [5, 5.41) is 0. The van der Waals surface area contributed by atoms with E-state index in [-0.39, 0.29) is 8.80 Å². The Morgan fingerprint density at radius 2 is 0.958 bits per heavy atom. The van der Waals surface area contributed by atoms with Gasteiger partial charge >= 0.3 is 0 Å². The van der Waals surface area contributed by atoms with Crippen molar-refractivity contribution in [3.63, 3.8) is 0 Å². The maximum atomic E-state index is 3.80. The molecule has 141 valence electrons. The summed E-state index contributed by atoms with van der Waals surface area (Å²) in [7, 11) is -0.173. The molecule has 1 heteroatoms. The molecule has 0 rings (SSSR count). The maximum Gasteiger partial charge on any atom is 0.0506 e. The second kappa shape index (κ2) is 17.5. The maximum absolute atomic E-state index is 3.80. The summed E-state index contributed by atoms with van der Waals surface area (Å²) in [5.74, 6) is 0. The minimum atomic E-state index is -0.173. The van der Waals surface area contributed by atoms with Crippen molar-refractivity contribution in [3.8, 4) is 0 Å². The molecule has 0 aliphatic carbocycles. The number of unbranched alkanes of at least 4 members (excludes halogenated alkanes) is 10. The smallest absolute Gasteiger partial charge is 0.0506 e. The molecule has 0 fully saturated rings. The Morgan fingerprint density at radius 1 is 0.625 bits per heavy atom. The van der Waals surface area contributed by atoms with E-state index < -0.39 is 0 Å². The van der Waals surface area contributed by atoms with Gasteiger partial charge < -0.3 is 0 Å². The molecule has 0 aromatic heterocycles. The molecule has 0 saturated heterocycles. The molecule has 0 aliphatic rings. The van der Waals surface area contributed by atoms with Gasteiger partial charge in [0.15, 0.2) is 0 Å². The van der Waals surface area contributed by atoms with Crippen molar-refractivity contribution < 1.29 is 0 Å². The van der Waals surface area contributed by atoms with Gasteiger partial charge in [-0.1, -0.05) is 96.8 Å². The monoisotopic (exact) mass is 349 g/mol. The second-order valence-corrected chi connectivity index (χ2v) is 11.3. The molecule has 2 atom stereocenters. The lowest BCUT2D eigenvalue weighted by atomic mass is 10.1. The van der Waals surface area contributed by atoms with Gasteiger partial charge in [-0.15, -0.1) is 13.2 Å². The molecule has 0 spiro atoms. The van der Waals surface area contributed by atoms with E-state index in [1.807, 2.05) is 0 Å². The largest absolute Gasteiger partial charge is 0.103 e. The van der Waals surface area contributed by atoms with E-state index in [1.54, 1.807) is 0 Å². The van der Waals surface area contributed by atoms with Crippen molar-refractivity contribution in [2.45, 2.75) is 121 Å². The summed E-state index contributed by atoms with van der Waals surface area (Å²) >= 11 is 0. The zero-order chi connectivity index (χ0) is 18.0. The van der Waals surface area contributed by atoms with E-state index in [1.165, 1.54) is 89.9 Å². The molecule has 0 heterocycles. The van der Waals surface area contributed by atoms with Gasteiger partial charge in [0.2, 0.25) is 0 Å². The lowest BCUT2D eigenvalue weighted by Gasteiger charge is -2.24. The quantitative estimate of drug-likeness (QED) is 0.132. The second-order valence-electron chi connectivity index (χ2n) is 7.81. The number of hydrogen-bond donors (Lipinski definition) is 0. The van der Waals surface area contributed by atoms with Crippen LogP contribution in [0.25, 0.3) is 0 Å². The van der Waals surface area contributed by atoms with Gasteiger partial charge in [-0.25, -0.2) is 0 Å². The van der Waals surface area contributed by atoms with E-state index in [2.05, 4.69) is 45.7 Å². The zero-order valence-corrected chi connectivity index (χ0v) is 18.1. The first-order valence-electron chi connectivity index (χ1n) is 10.7. The van der Waals surface area contributed by atoms with Crippen LogP contribution >= 0.6 is 0 Å². The predicted octanol–water partition coefficient (Wildman–Crippen LogP) is 8.72. The van der Waals surface area contributed by atoms with Crippen LogP contribution in [0.4, 0.5) is 0 Å². The van der Waals surface area contributed by atoms with Gasteiger partial charge in [-0.2, -0.15) is 0 Å². The minimum absolute atomic E-state index is 0.173. The summed E-state index contributed by atoms with van der Waals surface area (Å²) in [6, 6.07) is 0. The van der Waals surface area contributed by atoms with Gasteiger partial charge in [0.1, 0.15) is 0 Å². The Morgan fingerprint density at radius 3 is 1.33 bits per heavy atom. The fraction of sp³-hybridized carbons (Fsp3) is 0.826. The minimum Gasteiger partial charge on any atom is -0.103 e. The van der Waals surface area contributed by atoms with Crippen molar-refractivity contribution in [2.24, 2.45) is 0 Å². The average Bonchev–Trinajstić information content (AvgIpc) is 2.59. The molecular weight excluding hydrogens is 304 g/mol. The third-order valence-corrected chi connectivity index (χ3v) is 9.33. The first kappa shape index (κ1) is 23.7. The number of allylic oxidation sites excluding steroid dienone is 2. The lowest BCUT2D eigenvalue weighted by Crippen LogP contribution is -2.20. The average molecular weight is 350 g/mol. The molecule has 0 bridgehead atoms. The van der Waals surface area contributed by atoms with Crippen molar-refractivity contribution in [3.05, 3.63) is 25.3 Å². The Hall–Kier alpha value is -0.303. The van der Waals surface area contributed by atoms with Crippen LogP contribution in [-0.4, -0.2) is 8.80 Å². The normalized spacial score (nSPS) is 13.8. The van der Waals surface area contributed by atoms with Crippen LogP contribution in [0.2, 0.25) is 17.6 Å². The van der Waals surface area contributed by atoms with Gasteiger partial charge in [-0.05, 0) is 36.8 Å². The first-order valence-corrected chi connectivity index (χ1v) is 12.8. The standard InChI is InChI=1S/C23H45Si/c1-6-8-10-12-14-16-18-20-22(3)24(5)23(4)21-19-17-15-13-11-9-7-2/h6-7,22-23H,1-2,8-21H2,3-5H3. The molecule has 0 nitrogen and oxygen atoms in total. The molecule has 0 N–H and O–H groups in total. The van der Waals surface area contributed by atoms with Crippen molar-refractivity contribution in [1.29, 1.82) is 0 Å². The molecule has 0 aliphatic heterocycles. The number of hydrogen-bond acceptors (Lipinski definition) is 0. The molecule has 0 aromatic carbocycles. The van der Waals surface area contributed by atoms with Crippen LogP contribution in [0.3, 0.4) is 0 Å². The predicted molar refractivity (Wildman–Crippen MR) is 115 cm³/mol. The van der Waals surface area contributed by atoms with Crippen LogP contribution in [-0.2, 0) is 0 Å². The summed E-state index contributed by atoms with van der Waals surface area (Å²) in [6.45, 7) is 15.2. The van der Waals surface area contributed by atoms with Gasteiger partial charge in [0.05, 0.1) is 8.80 Å². The van der Waals surface area contributed by atoms with E-state index in [4.69, 9.17) is 0 Å². The highest BCUT2D eigenvalue weighted by atomic mass is 28.3. The summed E-state index contributed by atoms with van der Waals surface area (Å²) in [5.41, 5.74) is 1.98. The van der Waals surface area contributed by atoms with Crippen LogP contribution in [0, 0.1) is 0 Å². The van der Waals surface area contributed by atoms with Crippen LogP contribution in [0.1, 0.15) is 104 Å². The van der Waals surface area contributed by atoms with Gasteiger partial charge in [0.25, 0.3) is 0 Å². The topological polar surface area (TPSA) is 0 Å². The van der Waals surface area contributed by atoms with E-state index in [0.29, 0.717) is 0 Å². The summed E-state index contributed by atoms with van der Waals surface area (Å²) in [4.78, 5) is 0. The molecule has 1 radical (unpaired) electrons.